The van der Waals surface area contributed by atoms with Gasteiger partial charge in [0, 0.05) is 24.8 Å². The molecule has 2 N–H and O–H groups in total. The van der Waals surface area contributed by atoms with Crippen molar-refractivity contribution >= 4 is 11.6 Å². The highest BCUT2D eigenvalue weighted by Crippen LogP contribution is 2.24. The summed E-state index contributed by atoms with van der Waals surface area (Å²) in [5.41, 5.74) is 2.13. The number of benzene rings is 1. The zero-order valence-corrected chi connectivity index (χ0v) is 14.4. The van der Waals surface area contributed by atoms with Crippen LogP contribution in [-0.2, 0) is 4.79 Å². The Kier molecular flexibility index (Phi) is 4.90. The number of amides is 1. The minimum atomic E-state index is -0.338. The smallest absolute Gasteiger partial charge is 0.242 e. The van der Waals surface area contributed by atoms with Gasteiger partial charge < -0.3 is 15.5 Å². The van der Waals surface area contributed by atoms with E-state index in [1.54, 1.807) is 0 Å². The second-order valence-corrected chi connectivity index (χ2v) is 7.30. The van der Waals surface area contributed by atoms with Gasteiger partial charge in [-0.1, -0.05) is 12.1 Å². The molecule has 0 saturated carbocycles. The highest BCUT2D eigenvalue weighted by molar-refractivity contribution is 5.86. The molecule has 1 atom stereocenters. The van der Waals surface area contributed by atoms with E-state index >= 15 is 0 Å². The van der Waals surface area contributed by atoms with E-state index in [1.165, 1.54) is 17.7 Å². The topological polar surface area (TPSA) is 44.4 Å². The molecular formula is C19H29N3O. The lowest BCUT2D eigenvalue weighted by Gasteiger charge is -2.41. The Morgan fingerprint density at radius 1 is 1.30 bits per heavy atom. The van der Waals surface area contributed by atoms with Crippen LogP contribution in [0, 0.1) is 6.92 Å². The largest absolute Gasteiger partial charge is 0.382 e. The van der Waals surface area contributed by atoms with Crippen molar-refractivity contribution in [1.29, 1.82) is 0 Å². The molecule has 2 aliphatic heterocycles. The molecule has 2 fully saturated rings. The Bertz CT molecular complexity index is 543. The van der Waals surface area contributed by atoms with Crippen molar-refractivity contribution in [3.05, 3.63) is 29.8 Å². The first-order valence-electron chi connectivity index (χ1n) is 8.94. The highest BCUT2D eigenvalue weighted by atomic mass is 16.2. The minimum absolute atomic E-state index is 0.297. The van der Waals surface area contributed by atoms with Crippen LogP contribution in [0.5, 0.6) is 0 Å². The van der Waals surface area contributed by atoms with Crippen LogP contribution in [0.25, 0.3) is 0 Å². The lowest BCUT2D eigenvalue weighted by atomic mass is 9.88. The summed E-state index contributed by atoms with van der Waals surface area (Å²) in [5.74, 6) is 0.297. The lowest BCUT2D eigenvalue weighted by molar-refractivity contribution is -0.139. The van der Waals surface area contributed by atoms with Crippen LogP contribution in [-0.4, -0.2) is 42.0 Å². The van der Waals surface area contributed by atoms with E-state index in [0.29, 0.717) is 11.9 Å². The first kappa shape index (κ1) is 16.3. The molecule has 3 rings (SSSR count). The van der Waals surface area contributed by atoms with Crippen LogP contribution in [0.4, 0.5) is 5.69 Å². The molecule has 2 saturated heterocycles. The van der Waals surface area contributed by atoms with E-state index < -0.39 is 0 Å². The van der Waals surface area contributed by atoms with E-state index in [2.05, 4.69) is 53.6 Å². The molecular weight excluding hydrogens is 286 g/mol. The molecule has 4 heteroatoms. The van der Waals surface area contributed by atoms with Crippen LogP contribution in [0.2, 0.25) is 0 Å². The first-order chi connectivity index (χ1) is 11.1. The van der Waals surface area contributed by atoms with Crippen molar-refractivity contribution in [2.45, 2.75) is 57.5 Å². The van der Waals surface area contributed by atoms with Gasteiger partial charge in [0.1, 0.15) is 0 Å². The average Bonchev–Trinajstić information content (AvgIpc) is 2.56. The zero-order valence-electron chi connectivity index (χ0n) is 14.4. The molecule has 2 aliphatic rings. The van der Waals surface area contributed by atoms with Gasteiger partial charge in [0.15, 0.2) is 0 Å². The predicted molar refractivity (Wildman–Crippen MR) is 94.7 cm³/mol. The third-order valence-corrected chi connectivity index (χ3v) is 5.26. The summed E-state index contributed by atoms with van der Waals surface area (Å²) in [6.07, 6.45) is 5.35. The van der Waals surface area contributed by atoms with E-state index in [1.807, 2.05) is 0 Å². The van der Waals surface area contributed by atoms with E-state index in [9.17, 15) is 4.79 Å². The number of anilines is 1. The molecule has 1 unspecified atom stereocenters. The summed E-state index contributed by atoms with van der Waals surface area (Å²) in [6, 6.07) is 8.98. The molecule has 1 amide bonds. The molecule has 0 spiro atoms. The minimum Gasteiger partial charge on any atom is -0.382 e. The molecule has 126 valence electrons. The van der Waals surface area contributed by atoms with Crippen molar-refractivity contribution in [2.24, 2.45) is 0 Å². The fourth-order valence-corrected chi connectivity index (χ4v) is 3.79. The second-order valence-electron chi connectivity index (χ2n) is 7.30. The molecule has 4 nitrogen and oxygen atoms in total. The third-order valence-electron chi connectivity index (χ3n) is 5.26. The fourth-order valence-electron chi connectivity index (χ4n) is 3.79. The van der Waals surface area contributed by atoms with Gasteiger partial charge in [-0.05, 0) is 70.2 Å². The molecule has 23 heavy (non-hydrogen) atoms. The lowest BCUT2D eigenvalue weighted by Crippen LogP contribution is -2.59. The Hall–Kier alpha value is -1.55. The van der Waals surface area contributed by atoms with Crippen molar-refractivity contribution in [3.8, 4) is 0 Å². The Balaban J connectivity index is 1.53. The van der Waals surface area contributed by atoms with E-state index in [-0.39, 0.29) is 5.54 Å². The summed E-state index contributed by atoms with van der Waals surface area (Å²) in [4.78, 5) is 14.9. The number of likely N-dealkylation sites (tertiary alicyclic amines) is 1. The fraction of sp³-hybridized carbons (Fsp3) is 0.632. The van der Waals surface area contributed by atoms with Crippen molar-refractivity contribution in [2.75, 3.05) is 25.0 Å². The van der Waals surface area contributed by atoms with Crippen LogP contribution < -0.4 is 10.6 Å². The SMILES string of the molecule is Cc1cccc(NC2CCN(C(=O)C3(C)CCCCN3)CC2)c1. The van der Waals surface area contributed by atoms with E-state index in [0.717, 1.165) is 45.3 Å². The molecule has 1 aromatic rings. The average molecular weight is 315 g/mol. The summed E-state index contributed by atoms with van der Waals surface area (Å²) in [5, 5.41) is 7.06. The maximum Gasteiger partial charge on any atom is 0.242 e. The quantitative estimate of drug-likeness (QED) is 0.901. The Labute approximate surface area is 139 Å². The molecule has 0 aromatic heterocycles. The van der Waals surface area contributed by atoms with Gasteiger partial charge >= 0.3 is 0 Å². The number of hydrogen-bond acceptors (Lipinski definition) is 3. The number of carbonyl (C=O) groups is 1. The van der Waals surface area contributed by atoms with Crippen LogP contribution >= 0.6 is 0 Å². The van der Waals surface area contributed by atoms with Crippen molar-refractivity contribution in [1.82, 2.24) is 10.2 Å². The molecule has 2 heterocycles. The number of hydrogen-bond donors (Lipinski definition) is 2. The number of carbonyl (C=O) groups excluding carboxylic acids is 1. The zero-order chi connectivity index (χ0) is 16.3. The van der Waals surface area contributed by atoms with Gasteiger partial charge in [-0.15, -0.1) is 0 Å². The highest BCUT2D eigenvalue weighted by Gasteiger charge is 2.38. The van der Waals surface area contributed by atoms with Crippen LogP contribution in [0.1, 0.15) is 44.6 Å². The van der Waals surface area contributed by atoms with Gasteiger partial charge in [0.2, 0.25) is 5.91 Å². The van der Waals surface area contributed by atoms with Gasteiger partial charge in [-0.3, -0.25) is 4.79 Å². The number of rotatable bonds is 3. The standard InChI is InChI=1S/C19H29N3O/c1-15-6-5-7-17(14-15)21-16-8-12-22(13-9-16)18(23)19(2)10-3-4-11-20-19/h5-7,14,16,20-21H,3-4,8-13H2,1-2H3. The summed E-state index contributed by atoms with van der Waals surface area (Å²) in [6.45, 7) is 6.88. The summed E-state index contributed by atoms with van der Waals surface area (Å²) < 4.78 is 0. The Morgan fingerprint density at radius 2 is 2.09 bits per heavy atom. The molecule has 1 aromatic carbocycles. The molecule has 0 bridgehead atoms. The summed E-state index contributed by atoms with van der Waals surface area (Å²) >= 11 is 0. The number of piperidine rings is 2. The number of nitrogens with one attached hydrogen (secondary N) is 2. The monoisotopic (exact) mass is 315 g/mol. The maximum atomic E-state index is 12.8. The number of aryl methyl sites for hydroxylation is 1. The Morgan fingerprint density at radius 3 is 2.74 bits per heavy atom. The maximum absolute atomic E-state index is 12.8. The summed E-state index contributed by atoms with van der Waals surface area (Å²) in [7, 11) is 0. The van der Waals surface area contributed by atoms with Gasteiger partial charge in [-0.2, -0.15) is 0 Å². The first-order valence-corrected chi connectivity index (χ1v) is 8.94. The number of nitrogens with zero attached hydrogens (tertiary/aromatic N) is 1. The third kappa shape index (κ3) is 3.86. The van der Waals surface area contributed by atoms with Crippen molar-refractivity contribution in [3.63, 3.8) is 0 Å². The van der Waals surface area contributed by atoms with Crippen molar-refractivity contribution < 1.29 is 4.79 Å². The normalized spacial score (nSPS) is 26.1. The van der Waals surface area contributed by atoms with Gasteiger partial charge in [-0.25, -0.2) is 0 Å². The van der Waals surface area contributed by atoms with Crippen LogP contribution in [0.15, 0.2) is 24.3 Å². The second kappa shape index (κ2) is 6.91. The van der Waals surface area contributed by atoms with Gasteiger partial charge in [0.05, 0.1) is 5.54 Å². The molecule has 0 aliphatic carbocycles. The van der Waals surface area contributed by atoms with Gasteiger partial charge in [0.25, 0.3) is 0 Å². The molecule has 0 radical (unpaired) electrons. The predicted octanol–water partition coefficient (Wildman–Crippen LogP) is 2.93. The van der Waals surface area contributed by atoms with Crippen LogP contribution in [0.3, 0.4) is 0 Å². The van der Waals surface area contributed by atoms with E-state index in [4.69, 9.17) is 0 Å².